The molecule has 0 aromatic heterocycles. The lowest BCUT2D eigenvalue weighted by atomic mass is 9.77. The van der Waals surface area contributed by atoms with Crippen LogP contribution in [0.2, 0.25) is 0 Å². The lowest BCUT2D eigenvalue weighted by Gasteiger charge is -2.29. The lowest BCUT2D eigenvalue weighted by molar-refractivity contribution is -0.272. The van der Waals surface area contributed by atoms with E-state index in [1.54, 1.807) is 12.1 Å². The molecule has 0 radical (unpaired) electrons. The van der Waals surface area contributed by atoms with Crippen LogP contribution in [0.3, 0.4) is 0 Å². The molecule has 2 aromatic rings. The second-order valence-electron chi connectivity index (χ2n) is 8.47. The molecule has 176 valence electrons. The second-order valence-corrected chi connectivity index (χ2v) is 8.47. The summed E-state index contributed by atoms with van der Waals surface area (Å²) in [4.78, 5) is 0. The van der Waals surface area contributed by atoms with Gasteiger partial charge in [-0.15, -0.1) is 0 Å². The third-order valence-electron chi connectivity index (χ3n) is 6.23. The minimum absolute atomic E-state index is 0.0873. The fourth-order valence-electron chi connectivity index (χ4n) is 4.46. The molecule has 0 amide bonds. The van der Waals surface area contributed by atoms with Gasteiger partial charge in [-0.25, -0.2) is 4.39 Å². The Morgan fingerprint density at radius 2 is 1.66 bits per heavy atom. The molecule has 0 N–H and O–H groups in total. The van der Waals surface area contributed by atoms with Gasteiger partial charge in [-0.1, -0.05) is 50.1 Å². The molecule has 7 heteroatoms. The van der Waals surface area contributed by atoms with Crippen LogP contribution >= 0.6 is 0 Å². The predicted octanol–water partition coefficient (Wildman–Crippen LogP) is 8.33. The maximum Gasteiger partial charge on any atom is 0.387 e. The van der Waals surface area contributed by atoms with E-state index >= 15 is 0 Å². The van der Waals surface area contributed by atoms with E-state index in [9.17, 15) is 22.0 Å². The minimum Gasteiger partial charge on any atom is -0.432 e. The van der Waals surface area contributed by atoms with Crippen molar-refractivity contribution in [2.75, 3.05) is 0 Å². The van der Waals surface area contributed by atoms with Crippen LogP contribution in [0.25, 0.3) is 0 Å². The third-order valence-corrected chi connectivity index (χ3v) is 6.23. The molecule has 2 nitrogen and oxygen atoms in total. The number of alkyl halides is 4. The number of rotatable bonds is 9. The molecule has 0 aliphatic heterocycles. The van der Waals surface area contributed by atoms with Gasteiger partial charge in [0.25, 0.3) is 0 Å². The smallest absolute Gasteiger partial charge is 0.387 e. The van der Waals surface area contributed by atoms with Crippen molar-refractivity contribution < 1.29 is 31.4 Å². The predicted molar refractivity (Wildman–Crippen MR) is 112 cm³/mol. The quantitative estimate of drug-likeness (QED) is 0.353. The molecule has 2 aromatic carbocycles. The summed E-state index contributed by atoms with van der Waals surface area (Å²) in [5.41, 5.74) is 0.861. The molecule has 1 saturated carbocycles. The number of hydrogen-bond donors (Lipinski definition) is 0. The van der Waals surface area contributed by atoms with Gasteiger partial charge in [0.2, 0.25) is 0 Å². The largest absolute Gasteiger partial charge is 0.432 e. The summed E-state index contributed by atoms with van der Waals surface area (Å²) >= 11 is 0. The van der Waals surface area contributed by atoms with Gasteiger partial charge in [-0.3, -0.25) is 0 Å². The summed E-state index contributed by atoms with van der Waals surface area (Å²) in [6.07, 6.45) is 2.18. The van der Waals surface area contributed by atoms with Gasteiger partial charge < -0.3 is 9.47 Å². The van der Waals surface area contributed by atoms with E-state index in [-0.39, 0.29) is 11.1 Å². The van der Waals surface area contributed by atoms with Crippen LogP contribution in [0, 0.1) is 11.7 Å². The van der Waals surface area contributed by atoms with Crippen LogP contribution in [0.5, 0.6) is 5.75 Å². The van der Waals surface area contributed by atoms with Gasteiger partial charge >= 0.3 is 12.7 Å². The highest BCUT2D eigenvalue weighted by Gasteiger charge is 2.36. The Morgan fingerprint density at radius 1 is 1.00 bits per heavy atom. The highest BCUT2D eigenvalue weighted by atomic mass is 19.3. The van der Waals surface area contributed by atoms with E-state index in [1.807, 2.05) is 0 Å². The number of ether oxygens (including phenoxy) is 2. The fourth-order valence-corrected chi connectivity index (χ4v) is 4.46. The van der Waals surface area contributed by atoms with Crippen molar-refractivity contribution in [2.24, 2.45) is 5.92 Å². The van der Waals surface area contributed by atoms with Crippen molar-refractivity contribution >= 4 is 0 Å². The first kappa shape index (κ1) is 24.5. The summed E-state index contributed by atoms with van der Waals surface area (Å²) in [5.74, 6) is -0.556. The average molecular weight is 456 g/mol. The Morgan fingerprint density at radius 3 is 2.22 bits per heavy atom. The first-order valence-electron chi connectivity index (χ1n) is 11.1. The molecule has 1 unspecified atom stereocenters. The van der Waals surface area contributed by atoms with Gasteiger partial charge in [-0.2, -0.15) is 17.6 Å². The van der Waals surface area contributed by atoms with Crippen molar-refractivity contribution in [1.29, 1.82) is 0 Å². The zero-order valence-corrected chi connectivity index (χ0v) is 18.3. The van der Waals surface area contributed by atoms with E-state index in [0.717, 1.165) is 36.5 Å². The maximum absolute atomic E-state index is 14.7. The van der Waals surface area contributed by atoms with Crippen LogP contribution < -0.4 is 4.74 Å². The molecule has 32 heavy (non-hydrogen) atoms. The molecular weight excluding hydrogens is 427 g/mol. The Balaban J connectivity index is 1.63. The van der Waals surface area contributed by atoms with Gasteiger partial charge in [-0.05, 0) is 67.7 Å². The van der Waals surface area contributed by atoms with Crippen LogP contribution in [0.15, 0.2) is 42.5 Å². The van der Waals surface area contributed by atoms with Gasteiger partial charge in [0.15, 0.2) is 11.6 Å². The van der Waals surface area contributed by atoms with Crippen molar-refractivity contribution in [3.63, 3.8) is 0 Å². The maximum atomic E-state index is 14.7. The molecule has 0 heterocycles. The van der Waals surface area contributed by atoms with Gasteiger partial charge in [0.05, 0.1) is 11.7 Å². The second kappa shape index (κ2) is 10.6. The number of halogens is 5. The molecule has 0 saturated heterocycles. The van der Waals surface area contributed by atoms with Crippen LogP contribution in [0.4, 0.5) is 22.0 Å². The molecule has 1 fully saturated rings. The first-order chi connectivity index (χ1) is 15.2. The summed E-state index contributed by atoms with van der Waals surface area (Å²) in [5, 5.41) is 0. The Labute approximate surface area is 185 Å². The van der Waals surface area contributed by atoms with Crippen molar-refractivity contribution in [1.82, 2.24) is 0 Å². The summed E-state index contributed by atoms with van der Waals surface area (Å²) in [6, 6.07) is 9.27. The topological polar surface area (TPSA) is 18.5 Å². The molecule has 0 bridgehead atoms. The zero-order valence-electron chi connectivity index (χ0n) is 18.3. The molecule has 1 atom stereocenters. The van der Waals surface area contributed by atoms with Gasteiger partial charge in [0, 0.05) is 0 Å². The van der Waals surface area contributed by atoms with E-state index in [0.29, 0.717) is 5.92 Å². The number of benzene rings is 2. The Bertz CT molecular complexity index is 861. The minimum atomic E-state index is -3.59. The van der Waals surface area contributed by atoms with E-state index in [2.05, 4.69) is 11.7 Å². The normalized spacial score (nSPS) is 20.4. The molecule has 1 aliphatic carbocycles. The summed E-state index contributed by atoms with van der Waals surface area (Å²) < 4.78 is 76.8. The summed E-state index contributed by atoms with van der Waals surface area (Å²) in [7, 11) is 0. The standard InChI is InChI=1S/C25H29F5O2/c1-3-4-17-5-7-18(8-6-17)19-9-12-21(13-10-19)25(29,30)32-16(2)20-11-14-23(22(26)15-20)31-24(27)28/h9-18,24H,3-8H2,1-2H3. The van der Waals surface area contributed by atoms with E-state index in [4.69, 9.17) is 4.74 Å². The monoisotopic (exact) mass is 456 g/mol. The van der Waals surface area contributed by atoms with E-state index in [1.165, 1.54) is 50.8 Å². The molecule has 3 rings (SSSR count). The Kier molecular flexibility index (Phi) is 8.15. The highest BCUT2D eigenvalue weighted by molar-refractivity contribution is 5.31. The average Bonchev–Trinajstić information content (AvgIpc) is 2.75. The SMILES string of the molecule is CCCC1CCC(c2ccc(C(F)(F)OC(C)c3ccc(OC(F)F)c(F)c3)cc2)CC1. The Hall–Kier alpha value is -2.15. The van der Waals surface area contributed by atoms with Crippen molar-refractivity contribution in [3.05, 3.63) is 65.0 Å². The van der Waals surface area contributed by atoms with Gasteiger partial charge in [0.1, 0.15) is 0 Å². The van der Waals surface area contributed by atoms with Crippen molar-refractivity contribution in [2.45, 2.75) is 77.1 Å². The zero-order chi connectivity index (χ0) is 23.3. The number of hydrogen-bond acceptors (Lipinski definition) is 2. The lowest BCUT2D eigenvalue weighted by Crippen LogP contribution is -2.21. The summed E-state index contributed by atoms with van der Waals surface area (Å²) in [6.45, 7) is 0.364. The third kappa shape index (κ3) is 6.21. The molecular formula is C25H29F5O2. The van der Waals surface area contributed by atoms with Crippen LogP contribution in [-0.2, 0) is 10.8 Å². The molecule has 1 aliphatic rings. The highest BCUT2D eigenvalue weighted by Crippen LogP contribution is 2.40. The van der Waals surface area contributed by atoms with Crippen LogP contribution in [-0.4, -0.2) is 6.61 Å². The first-order valence-corrected chi connectivity index (χ1v) is 11.1. The van der Waals surface area contributed by atoms with Crippen molar-refractivity contribution in [3.8, 4) is 5.75 Å². The van der Waals surface area contributed by atoms with Crippen LogP contribution in [0.1, 0.15) is 81.1 Å². The molecule has 0 spiro atoms. The van der Waals surface area contributed by atoms with E-state index < -0.39 is 30.4 Å². The fraction of sp³-hybridized carbons (Fsp3) is 0.520.